The van der Waals surface area contributed by atoms with Crippen LogP contribution < -0.4 is 5.73 Å². The summed E-state index contributed by atoms with van der Waals surface area (Å²) in [6, 6.07) is 4.74. The summed E-state index contributed by atoms with van der Waals surface area (Å²) in [6.07, 6.45) is 2.57. The summed E-state index contributed by atoms with van der Waals surface area (Å²) in [5, 5.41) is 0. The number of halogens is 1. The van der Waals surface area contributed by atoms with Crippen molar-refractivity contribution in [3.05, 3.63) is 22.6 Å². The summed E-state index contributed by atoms with van der Waals surface area (Å²) < 4.78 is 6.45. The van der Waals surface area contributed by atoms with Crippen molar-refractivity contribution in [1.82, 2.24) is 4.90 Å². The topological polar surface area (TPSA) is 42.4 Å². The van der Waals surface area contributed by atoms with Crippen LogP contribution in [0.4, 0.5) is 0 Å². The van der Waals surface area contributed by atoms with Crippen molar-refractivity contribution in [3.8, 4) is 0 Å². The fraction of sp³-hybridized carbons (Fsp3) is 0.692. The molecule has 0 bridgehead atoms. The Morgan fingerprint density at radius 2 is 2.29 bits per heavy atom. The lowest BCUT2D eigenvalue weighted by Gasteiger charge is -2.41. The Kier molecular flexibility index (Phi) is 4.28. The molecule has 1 aromatic rings. The van der Waals surface area contributed by atoms with Gasteiger partial charge in [0.2, 0.25) is 0 Å². The lowest BCUT2D eigenvalue weighted by atomic mass is 9.90. The fourth-order valence-electron chi connectivity index (χ4n) is 2.73. The van der Waals surface area contributed by atoms with Crippen molar-refractivity contribution < 1.29 is 4.42 Å². The number of piperidine rings is 1. The zero-order chi connectivity index (χ0) is 12.4. The maximum absolute atomic E-state index is 5.94. The third-order valence-electron chi connectivity index (χ3n) is 3.97. The number of rotatable bonds is 3. The van der Waals surface area contributed by atoms with Crippen molar-refractivity contribution >= 4 is 15.9 Å². The molecule has 2 heterocycles. The first-order valence-corrected chi connectivity index (χ1v) is 7.13. The van der Waals surface area contributed by atoms with Gasteiger partial charge in [-0.1, -0.05) is 6.92 Å². The van der Waals surface area contributed by atoms with E-state index >= 15 is 0 Å². The van der Waals surface area contributed by atoms with Gasteiger partial charge in [-0.15, -0.1) is 0 Å². The summed E-state index contributed by atoms with van der Waals surface area (Å²) >= 11 is 3.35. The number of nitrogens with two attached hydrogens (primary N) is 1. The predicted octanol–water partition coefficient (Wildman–Crippen LogP) is 3.16. The molecular formula is C13H21BrN2O. The molecule has 1 aromatic heterocycles. The van der Waals surface area contributed by atoms with Gasteiger partial charge in [-0.3, -0.25) is 4.90 Å². The molecule has 96 valence electrons. The van der Waals surface area contributed by atoms with Crippen LogP contribution in [-0.2, 0) is 0 Å². The normalized spacial score (nSPS) is 28.2. The SMILES string of the molecule is CC1CCCN(C(CN)c2ccc(Br)o2)C1C. The molecule has 1 fully saturated rings. The van der Waals surface area contributed by atoms with Gasteiger partial charge in [-0.2, -0.15) is 0 Å². The summed E-state index contributed by atoms with van der Waals surface area (Å²) in [5.41, 5.74) is 5.94. The van der Waals surface area contributed by atoms with E-state index in [1.807, 2.05) is 12.1 Å². The van der Waals surface area contributed by atoms with E-state index in [1.54, 1.807) is 0 Å². The van der Waals surface area contributed by atoms with Gasteiger partial charge in [0.25, 0.3) is 0 Å². The zero-order valence-corrected chi connectivity index (χ0v) is 12.1. The minimum Gasteiger partial charge on any atom is -0.453 e. The zero-order valence-electron chi connectivity index (χ0n) is 10.5. The molecule has 2 rings (SSSR count). The van der Waals surface area contributed by atoms with E-state index in [0.29, 0.717) is 12.6 Å². The third kappa shape index (κ3) is 2.75. The van der Waals surface area contributed by atoms with Crippen molar-refractivity contribution in [2.45, 2.75) is 38.8 Å². The van der Waals surface area contributed by atoms with Gasteiger partial charge in [0.05, 0.1) is 6.04 Å². The van der Waals surface area contributed by atoms with Crippen LogP contribution in [0, 0.1) is 5.92 Å². The molecule has 1 aliphatic rings. The second-order valence-electron chi connectivity index (χ2n) is 4.99. The third-order valence-corrected chi connectivity index (χ3v) is 4.39. The lowest BCUT2D eigenvalue weighted by Crippen LogP contribution is -2.46. The molecule has 0 aliphatic carbocycles. The van der Waals surface area contributed by atoms with Crippen molar-refractivity contribution in [2.75, 3.05) is 13.1 Å². The Balaban J connectivity index is 2.17. The van der Waals surface area contributed by atoms with E-state index in [-0.39, 0.29) is 6.04 Å². The molecule has 4 heteroatoms. The Bertz CT molecular complexity index is 366. The minimum atomic E-state index is 0.207. The van der Waals surface area contributed by atoms with E-state index in [4.69, 9.17) is 10.2 Å². The average molecular weight is 301 g/mol. The highest BCUT2D eigenvalue weighted by molar-refractivity contribution is 9.10. The largest absolute Gasteiger partial charge is 0.453 e. The van der Waals surface area contributed by atoms with Gasteiger partial charge in [0, 0.05) is 12.6 Å². The summed E-state index contributed by atoms with van der Waals surface area (Å²) in [5.74, 6) is 1.71. The molecule has 0 amide bonds. The van der Waals surface area contributed by atoms with Crippen LogP contribution in [0.15, 0.2) is 21.2 Å². The minimum absolute atomic E-state index is 0.207. The fourth-order valence-corrected chi connectivity index (χ4v) is 3.05. The first-order valence-electron chi connectivity index (χ1n) is 6.34. The summed E-state index contributed by atoms with van der Waals surface area (Å²) in [7, 11) is 0. The quantitative estimate of drug-likeness (QED) is 0.932. The van der Waals surface area contributed by atoms with Crippen LogP contribution in [0.25, 0.3) is 0 Å². The van der Waals surface area contributed by atoms with E-state index in [9.17, 15) is 0 Å². The Morgan fingerprint density at radius 3 is 2.88 bits per heavy atom. The second kappa shape index (κ2) is 5.55. The lowest BCUT2D eigenvalue weighted by molar-refractivity contribution is 0.0609. The van der Waals surface area contributed by atoms with Gasteiger partial charge in [0.15, 0.2) is 4.67 Å². The molecular weight excluding hydrogens is 280 g/mol. The molecule has 2 N–H and O–H groups in total. The maximum Gasteiger partial charge on any atom is 0.169 e. The highest BCUT2D eigenvalue weighted by Crippen LogP contribution is 2.32. The average Bonchev–Trinajstić information content (AvgIpc) is 2.72. The van der Waals surface area contributed by atoms with Gasteiger partial charge in [0.1, 0.15) is 5.76 Å². The number of nitrogens with zero attached hydrogens (tertiary/aromatic N) is 1. The molecule has 0 saturated carbocycles. The molecule has 3 nitrogen and oxygen atoms in total. The van der Waals surface area contributed by atoms with Crippen LogP contribution >= 0.6 is 15.9 Å². The first kappa shape index (κ1) is 13.1. The maximum atomic E-state index is 5.94. The van der Waals surface area contributed by atoms with Crippen LogP contribution in [0.2, 0.25) is 0 Å². The van der Waals surface area contributed by atoms with Gasteiger partial charge in [-0.25, -0.2) is 0 Å². The number of hydrogen-bond acceptors (Lipinski definition) is 3. The van der Waals surface area contributed by atoms with Gasteiger partial charge in [-0.05, 0) is 60.3 Å². The van der Waals surface area contributed by atoms with Crippen LogP contribution in [0.5, 0.6) is 0 Å². The van der Waals surface area contributed by atoms with Gasteiger partial charge < -0.3 is 10.2 Å². The summed E-state index contributed by atoms with van der Waals surface area (Å²) in [6.45, 7) is 6.34. The van der Waals surface area contributed by atoms with E-state index in [1.165, 1.54) is 12.8 Å². The van der Waals surface area contributed by atoms with E-state index in [0.717, 1.165) is 22.9 Å². The molecule has 1 aliphatic heterocycles. The second-order valence-corrected chi connectivity index (χ2v) is 5.77. The molecule has 0 radical (unpaired) electrons. The number of likely N-dealkylation sites (tertiary alicyclic amines) is 1. The number of hydrogen-bond donors (Lipinski definition) is 1. The number of furan rings is 1. The van der Waals surface area contributed by atoms with Crippen LogP contribution in [0.3, 0.4) is 0 Å². The van der Waals surface area contributed by atoms with Crippen molar-refractivity contribution in [1.29, 1.82) is 0 Å². The molecule has 1 saturated heterocycles. The highest BCUT2D eigenvalue weighted by Gasteiger charge is 2.31. The predicted molar refractivity (Wildman–Crippen MR) is 72.8 cm³/mol. The molecule has 0 spiro atoms. The Morgan fingerprint density at radius 1 is 1.53 bits per heavy atom. The molecule has 3 atom stereocenters. The van der Waals surface area contributed by atoms with Crippen LogP contribution in [0.1, 0.15) is 38.5 Å². The standard InChI is InChI=1S/C13H21BrN2O/c1-9-4-3-7-16(10(9)2)11(8-15)12-5-6-13(14)17-12/h5-6,9-11H,3-4,7-8,15H2,1-2H3. The van der Waals surface area contributed by atoms with Crippen molar-refractivity contribution in [2.24, 2.45) is 11.7 Å². The Labute approximate surface area is 111 Å². The first-order chi connectivity index (χ1) is 8.13. The molecule has 3 unspecified atom stereocenters. The molecule has 17 heavy (non-hydrogen) atoms. The summed E-state index contributed by atoms with van der Waals surface area (Å²) in [4.78, 5) is 2.49. The highest BCUT2D eigenvalue weighted by atomic mass is 79.9. The van der Waals surface area contributed by atoms with Crippen molar-refractivity contribution in [3.63, 3.8) is 0 Å². The van der Waals surface area contributed by atoms with E-state index in [2.05, 4.69) is 34.7 Å². The smallest absolute Gasteiger partial charge is 0.169 e. The monoisotopic (exact) mass is 300 g/mol. The molecule has 0 aromatic carbocycles. The van der Waals surface area contributed by atoms with E-state index < -0.39 is 0 Å². The Hall–Kier alpha value is -0.320. The van der Waals surface area contributed by atoms with Crippen LogP contribution in [-0.4, -0.2) is 24.0 Å². The van der Waals surface area contributed by atoms with Gasteiger partial charge >= 0.3 is 0 Å².